The minimum atomic E-state index is -4.52. The molecule has 1 aliphatic rings. The molecule has 0 radical (unpaired) electrons. The van der Waals surface area contributed by atoms with Gasteiger partial charge < -0.3 is 20.7 Å². The number of ether oxygens (including phenoxy) is 1. The number of hydrogen-bond acceptors (Lipinski definition) is 7. The second-order valence-electron chi connectivity index (χ2n) is 8.35. The van der Waals surface area contributed by atoms with Crippen LogP contribution in [-0.4, -0.2) is 63.5 Å². The van der Waals surface area contributed by atoms with Crippen LogP contribution in [0.3, 0.4) is 0 Å². The number of hydrogen-bond donors (Lipinski definition) is 3. The van der Waals surface area contributed by atoms with E-state index in [1.165, 1.54) is 18.7 Å². The van der Waals surface area contributed by atoms with E-state index in [9.17, 15) is 22.2 Å². The molecular weight excluding hydrogens is 539 g/mol. The molecule has 0 aliphatic carbocycles. The van der Waals surface area contributed by atoms with Crippen LogP contribution in [-0.2, 0) is 10.8 Å². The molecule has 0 bridgehead atoms. The highest BCUT2D eigenvalue weighted by Crippen LogP contribution is 2.41. The number of nitrogens with one attached hydrogen (secondary N) is 3. The monoisotopic (exact) mass is 565 g/mol. The normalized spacial score (nSPS) is 17.4. The predicted octanol–water partition coefficient (Wildman–Crippen LogP) is 4.10. The second-order valence-corrected chi connectivity index (χ2v) is 11.1. The van der Waals surface area contributed by atoms with Crippen molar-refractivity contribution < 1.29 is 26.9 Å². The van der Waals surface area contributed by atoms with E-state index in [2.05, 4.69) is 32.9 Å². The molecule has 1 amide bonds. The molecule has 4 rings (SSSR count). The van der Waals surface area contributed by atoms with Gasteiger partial charge in [0, 0.05) is 41.0 Å². The Hall–Kier alpha value is -3.37. The first-order valence-electron chi connectivity index (χ1n) is 11.7. The number of benzene rings is 1. The van der Waals surface area contributed by atoms with Crippen molar-refractivity contribution in [2.75, 3.05) is 42.8 Å². The quantitative estimate of drug-likeness (QED) is 0.293. The number of rotatable bonds is 7. The van der Waals surface area contributed by atoms with Crippen molar-refractivity contribution in [3.05, 3.63) is 47.7 Å². The maximum Gasteiger partial charge on any atom is 0.446 e. The number of carbonyl (C=O) groups is 1. The third kappa shape index (κ3) is 6.73. The van der Waals surface area contributed by atoms with E-state index in [-0.39, 0.29) is 40.8 Å². The molecule has 1 aromatic carbocycles. The zero-order chi connectivity index (χ0) is 27.3. The SMILES string of the molecule is CNC(=O)c1ccc(NCC#Cc2nn3c(NC4CCS(=O)CC4)cccc3c2SC(F)(F)F)c(OC)c1. The molecule has 1 saturated heterocycles. The standard InChI is InChI=1S/C25H26F3N5O3S2/c1-29-24(34)16-8-9-18(21(15-16)36-2)30-12-4-5-19-23(37-25(26,27)28)20-6-3-7-22(33(20)32-19)31-17-10-13-38(35)14-11-17/h3,6-9,15,17,30-31H,10-14H2,1-2H3,(H,29,34). The van der Waals surface area contributed by atoms with Gasteiger partial charge in [0.1, 0.15) is 17.3 Å². The third-order valence-electron chi connectivity index (χ3n) is 5.83. The number of amides is 1. The van der Waals surface area contributed by atoms with Crippen LogP contribution in [0, 0.1) is 11.8 Å². The van der Waals surface area contributed by atoms with Gasteiger partial charge in [-0.25, -0.2) is 4.52 Å². The van der Waals surface area contributed by atoms with Gasteiger partial charge in [0.25, 0.3) is 5.91 Å². The van der Waals surface area contributed by atoms with Crippen molar-refractivity contribution in [3.8, 4) is 17.6 Å². The molecular formula is C25H26F3N5O3S2. The fourth-order valence-corrected chi connectivity index (χ4v) is 5.97. The Bertz CT molecular complexity index is 1400. The molecule has 0 unspecified atom stereocenters. The van der Waals surface area contributed by atoms with Crippen molar-refractivity contribution in [2.24, 2.45) is 0 Å². The number of fused-ring (bicyclic) bond motifs is 1. The summed E-state index contributed by atoms with van der Waals surface area (Å²) in [6.07, 6.45) is 1.42. The van der Waals surface area contributed by atoms with Crippen molar-refractivity contribution >= 4 is 45.5 Å². The number of anilines is 2. The molecule has 3 aromatic rings. The summed E-state index contributed by atoms with van der Waals surface area (Å²) in [6.45, 7) is 0.101. The number of carbonyl (C=O) groups excluding carboxylic acids is 1. The van der Waals surface area contributed by atoms with Crippen molar-refractivity contribution in [3.63, 3.8) is 0 Å². The van der Waals surface area contributed by atoms with E-state index in [0.717, 1.165) is 0 Å². The molecule has 0 atom stereocenters. The fourth-order valence-electron chi connectivity index (χ4n) is 3.99. The Balaban J connectivity index is 1.58. The van der Waals surface area contributed by atoms with E-state index in [1.807, 2.05) is 0 Å². The number of thioether (sulfide) groups is 1. The molecule has 2 aromatic heterocycles. The van der Waals surface area contributed by atoms with Gasteiger partial charge in [-0.3, -0.25) is 9.00 Å². The minimum Gasteiger partial charge on any atom is -0.495 e. The number of aromatic nitrogens is 2. The summed E-state index contributed by atoms with van der Waals surface area (Å²) in [5.74, 6) is 7.50. The Morgan fingerprint density at radius 2 is 2.03 bits per heavy atom. The Labute approximate surface area is 224 Å². The first kappa shape index (κ1) is 27.7. The largest absolute Gasteiger partial charge is 0.495 e. The Morgan fingerprint density at radius 3 is 2.71 bits per heavy atom. The smallest absolute Gasteiger partial charge is 0.446 e. The van der Waals surface area contributed by atoms with Crippen LogP contribution in [0.2, 0.25) is 0 Å². The second kappa shape index (κ2) is 12.0. The van der Waals surface area contributed by atoms with Gasteiger partial charge in [-0.1, -0.05) is 12.0 Å². The van der Waals surface area contributed by atoms with E-state index >= 15 is 0 Å². The zero-order valence-corrected chi connectivity index (χ0v) is 22.3. The molecule has 1 aliphatic heterocycles. The number of halogens is 3. The van der Waals surface area contributed by atoms with Gasteiger partial charge >= 0.3 is 5.51 Å². The van der Waals surface area contributed by atoms with E-state index in [0.29, 0.717) is 52.7 Å². The van der Waals surface area contributed by atoms with Crippen molar-refractivity contribution in [1.29, 1.82) is 0 Å². The average molecular weight is 566 g/mol. The lowest BCUT2D eigenvalue weighted by molar-refractivity contribution is -0.0327. The van der Waals surface area contributed by atoms with Gasteiger partial charge in [-0.2, -0.15) is 18.3 Å². The number of methoxy groups -OCH3 is 1. The van der Waals surface area contributed by atoms with Gasteiger partial charge in [-0.15, -0.1) is 0 Å². The van der Waals surface area contributed by atoms with Crippen LogP contribution in [0.15, 0.2) is 41.3 Å². The van der Waals surface area contributed by atoms with Gasteiger partial charge in [0.2, 0.25) is 0 Å². The van der Waals surface area contributed by atoms with Crippen LogP contribution >= 0.6 is 11.8 Å². The molecule has 3 heterocycles. The highest BCUT2D eigenvalue weighted by molar-refractivity contribution is 8.00. The van der Waals surface area contributed by atoms with Crippen LogP contribution in [0.4, 0.5) is 24.7 Å². The van der Waals surface area contributed by atoms with E-state index in [4.69, 9.17) is 4.74 Å². The molecule has 0 spiro atoms. The molecule has 3 N–H and O–H groups in total. The fraction of sp³-hybridized carbons (Fsp3) is 0.360. The lowest BCUT2D eigenvalue weighted by Crippen LogP contribution is -2.30. The zero-order valence-electron chi connectivity index (χ0n) is 20.6. The lowest BCUT2D eigenvalue weighted by Gasteiger charge is -2.23. The van der Waals surface area contributed by atoms with Crippen LogP contribution in [0.1, 0.15) is 28.9 Å². The third-order valence-corrected chi connectivity index (χ3v) is 8.05. The summed E-state index contributed by atoms with van der Waals surface area (Å²) in [5, 5.41) is 13.3. The molecule has 1 fully saturated rings. The van der Waals surface area contributed by atoms with Crippen LogP contribution < -0.4 is 20.7 Å². The van der Waals surface area contributed by atoms with Gasteiger partial charge in [0.15, 0.2) is 0 Å². The summed E-state index contributed by atoms with van der Waals surface area (Å²) in [6, 6.07) is 9.92. The van der Waals surface area contributed by atoms with E-state index < -0.39 is 16.3 Å². The summed E-state index contributed by atoms with van der Waals surface area (Å²) >= 11 is -0.247. The van der Waals surface area contributed by atoms with Crippen LogP contribution in [0.25, 0.3) is 5.52 Å². The number of alkyl halides is 3. The molecule has 13 heteroatoms. The molecule has 8 nitrogen and oxygen atoms in total. The highest BCUT2D eigenvalue weighted by Gasteiger charge is 2.33. The maximum atomic E-state index is 13.4. The van der Waals surface area contributed by atoms with E-state index in [1.54, 1.807) is 36.4 Å². The Morgan fingerprint density at radius 1 is 1.26 bits per heavy atom. The molecule has 0 saturated carbocycles. The summed E-state index contributed by atoms with van der Waals surface area (Å²) in [4.78, 5) is 11.8. The number of pyridine rings is 1. The van der Waals surface area contributed by atoms with Gasteiger partial charge in [-0.05, 0) is 60.9 Å². The molecule has 202 valence electrons. The Kier molecular flexibility index (Phi) is 8.73. The molecule has 38 heavy (non-hydrogen) atoms. The van der Waals surface area contributed by atoms with Crippen LogP contribution in [0.5, 0.6) is 5.75 Å². The maximum absolute atomic E-state index is 13.4. The lowest BCUT2D eigenvalue weighted by atomic mass is 10.1. The summed E-state index contributed by atoms with van der Waals surface area (Å²) in [5.41, 5.74) is -3.22. The first-order chi connectivity index (χ1) is 18.2. The minimum absolute atomic E-state index is 0.00931. The van der Waals surface area contributed by atoms with Gasteiger partial charge in [0.05, 0.1) is 29.8 Å². The summed E-state index contributed by atoms with van der Waals surface area (Å²) < 4.78 is 58.7. The number of nitrogens with zero attached hydrogens (tertiary/aromatic N) is 2. The predicted molar refractivity (Wildman–Crippen MR) is 143 cm³/mol. The topological polar surface area (TPSA) is 96.8 Å². The van der Waals surface area contributed by atoms with Crippen molar-refractivity contribution in [1.82, 2.24) is 14.9 Å². The highest BCUT2D eigenvalue weighted by atomic mass is 32.2. The summed E-state index contributed by atoms with van der Waals surface area (Å²) in [7, 11) is 2.17. The average Bonchev–Trinajstić information content (AvgIpc) is 3.24. The first-order valence-corrected chi connectivity index (χ1v) is 14.0. The van der Waals surface area contributed by atoms with Crippen molar-refractivity contribution in [2.45, 2.75) is 29.3 Å².